The molecule has 1 aromatic heterocycles. The van der Waals surface area contributed by atoms with Crippen LogP contribution in [0.3, 0.4) is 0 Å². The van der Waals surface area contributed by atoms with Crippen LogP contribution in [0, 0.1) is 20.8 Å². The Balaban J connectivity index is 2.73. The summed E-state index contributed by atoms with van der Waals surface area (Å²) < 4.78 is 0. The largest absolute Gasteiger partial charge is 0.310 e. The van der Waals surface area contributed by atoms with E-state index >= 15 is 0 Å². The van der Waals surface area contributed by atoms with Gasteiger partial charge in [-0.05, 0) is 32.9 Å². The predicted octanol–water partition coefficient (Wildman–Crippen LogP) is 3.66. The Labute approximate surface area is 120 Å². The van der Waals surface area contributed by atoms with Gasteiger partial charge in [0.1, 0.15) is 5.82 Å². The Hall–Kier alpha value is -1.90. The van der Waals surface area contributed by atoms with Crippen LogP contribution in [-0.2, 0) is 5.41 Å². The van der Waals surface area contributed by atoms with Gasteiger partial charge in [-0.1, -0.05) is 38.0 Å². The molecule has 0 saturated carbocycles. The van der Waals surface area contributed by atoms with Gasteiger partial charge in [-0.15, -0.1) is 0 Å². The fourth-order valence-corrected chi connectivity index (χ4v) is 2.28. The van der Waals surface area contributed by atoms with Gasteiger partial charge >= 0.3 is 0 Å². The zero-order valence-electron chi connectivity index (χ0n) is 13.1. The zero-order chi connectivity index (χ0) is 15.1. The average Bonchev–Trinajstić information content (AvgIpc) is 2.29. The lowest BCUT2D eigenvalue weighted by molar-refractivity contribution is 0.542. The Bertz CT molecular complexity index is 686. The quantitative estimate of drug-likeness (QED) is 0.859. The predicted molar refractivity (Wildman–Crippen MR) is 83.2 cm³/mol. The summed E-state index contributed by atoms with van der Waals surface area (Å²) in [7, 11) is 0. The van der Waals surface area contributed by atoms with Gasteiger partial charge in [0.25, 0.3) is 5.56 Å². The zero-order valence-corrected chi connectivity index (χ0v) is 13.1. The van der Waals surface area contributed by atoms with E-state index in [1.807, 2.05) is 27.7 Å². The van der Waals surface area contributed by atoms with Gasteiger partial charge in [0.2, 0.25) is 0 Å². The van der Waals surface area contributed by atoms with Crippen molar-refractivity contribution in [2.75, 3.05) is 0 Å². The molecule has 0 bridgehead atoms. The first-order valence-electron chi connectivity index (χ1n) is 6.88. The summed E-state index contributed by atoms with van der Waals surface area (Å²) >= 11 is 0. The van der Waals surface area contributed by atoms with Gasteiger partial charge in [0, 0.05) is 16.5 Å². The highest BCUT2D eigenvalue weighted by Gasteiger charge is 2.19. The van der Waals surface area contributed by atoms with Gasteiger partial charge in [-0.2, -0.15) is 0 Å². The van der Waals surface area contributed by atoms with Gasteiger partial charge in [0.15, 0.2) is 0 Å². The first-order valence-corrected chi connectivity index (χ1v) is 6.88. The van der Waals surface area contributed by atoms with E-state index in [4.69, 9.17) is 4.98 Å². The smallest absolute Gasteiger partial charge is 0.254 e. The molecule has 1 aromatic carbocycles. The molecule has 0 spiro atoms. The number of H-pyrrole nitrogens is 1. The molecule has 2 aromatic rings. The fraction of sp³-hybridized carbons (Fsp3) is 0.412. The highest BCUT2D eigenvalue weighted by molar-refractivity contribution is 5.64. The van der Waals surface area contributed by atoms with Crippen molar-refractivity contribution < 1.29 is 0 Å². The highest BCUT2D eigenvalue weighted by Crippen LogP contribution is 2.25. The van der Waals surface area contributed by atoms with Crippen molar-refractivity contribution in [3.8, 4) is 11.3 Å². The second-order valence-electron chi connectivity index (χ2n) is 6.51. The number of nitrogens with one attached hydrogen (secondary N) is 1. The number of nitrogens with zero attached hydrogens (tertiary/aromatic N) is 1. The van der Waals surface area contributed by atoms with E-state index in [9.17, 15) is 4.79 Å². The normalized spacial score (nSPS) is 11.7. The second-order valence-corrected chi connectivity index (χ2v) is 6.51. The molecular formula is C17H22N2O. The molecular weight excluding hydrogens is 248 g/mol. The fourth-order valence-electron chi connectivity index (χ4n) is 2.28. The highest BCUT2D eigenvalue weighted by atomic mass is 16.1. The van der Waals surface area contributed by atoms with Crippen molar-refractivity contribution in [3.63, 3.8) is 0 Å². The third-order valence-electron chi connectivity index (χ3n) is 3.36. The standard InChI is InChI=1S/C17H22N2O/c1-10-7-11(2)9-13(8-10)14-12(3)15(20)19-16(18-14)17(4,5)6/h7-9H,1-6H3,(H,18,19,20). The maximum absolute atomic E-state index is 12.2. The lowest BCUT2D eigenvalue weighted by atomic mass is 9.94. The number of aromatic amines is 1. The Morgan fingerprint density at radius 3 is 2.05 bits per heavy atom. The van der Waals surface area contributed by atoms with Crippen LogP contribution in [0.5, 0.6) is 0 Å². The van der Waals surface area contributed by atoms with E-state index in [-0.39, 0.29) is 11.0 Å². The van der Waals surface area contributed by atoms with Crippen LogP contribution in [0.2, 0.25) is 0 Å². The topological polar surface area (TPSA) is 45.8 Å². The van der Waals surface area contributed by atoms with Crippen molar-refractivity contribution >= 4 is 0 Å². The van der Waals surface area contributed by atoms with E-state index in [1.54, 1.807) is 0 Å². The van der Waals surface area contributed by atoms with Gasteiger partial charge < -0.3 is 4.98 Å². The number of aromatic nitrogens is 2. The van der Waals surface area contributed by atoms with E-state index in [2.05, 4.69) is 37.0 Å². The molecule has 20 heavy (non-hydrogen) atoms. The SMILES string of the molecule is Cc1cc(C)cc(-c2nc(C(C)(C)C)[nH]c(=O)c2C)c1. The van der Waals surface area contributed by atoms with Crippen LogP contribution in [0.15, 0.2) is 23.0 Å². The number of hydrogen-bond donors (Lipinski definition) is 1. The van der Waals surface area contributed by atoms with Crippen molar-refractivity contribution in [1.82, 2.24) is 9.97 Å². The van der Waals surface area contributed by atoms with E-state index in [0.29, 0.717) is 5.56 Å². The third kappa shape index (κ3) is 2.82. The van der Waals surface area contributed by atoms with Crippen molar-refractivity contribution in [1.29, 1.82) is 0 Å². The van der Waals surface area contributed by atoms with Crippen LogP contribution < -0.4 is 5.56 Å². The minimum Gasteiger partial charge on any atom is -0.310 e. The van der Waals surface area contributed by atoms with E-state index in [0.717, 1.165) is 17.1 Å². The maximum Gasteiger partial charge on any atom is 0.254 e. The van der Waals surface area contributed by atoms with E-state index < -0.39 is 0 Å². The number of benzene rings is 1. The van der Waals surface area contributed by atoms with Crippen LogP contribution in [0.4, 0.5) is 0 Å². The summed E-state index contributed by atoms with van der Waals surface area (Å²) in [4.78, 5) is 19.7. The molecule has 0 fully saturated rings. The van der Waals surface area contributed by atoms with Crippen molar-refractivity contribution in [2.24, 2.45) is 0 Å². The summed E-state index contributed by atoms with van der Waals surface area (Å²) in [5.74, 6) is 0.724. The summed E-state index contributed by atoms with van der Waals surface area (Å²) in [5, 5.41) is 0. The molecule has 0 saturated heterocycles. The summed E-state index contributed by atoms with van der Waals surface area (Å²) in [6, 6.07) is 6.28. The number of hydrogen-bond acceptors (Lipinski definition) is 2. The minimum atomic E-state index is -0.180. The molecule has 3 nitrogen and oxygen atoms in total. The molecule has 1 N–H and O–H groups in total. The number of rotatable bonds is 1. The van der Waals surface area contributed by atoms with Crippen LogP contribution in [-0.4, -0.2) is 9.97 Å². The average molecular weight is 270 g/mol. The molecule has 0 unspecified atom stereocenters. The first kappa shape index (κ1) is 14.5. The Kier molecular flexibility index (Phi) is 3.55. The molecule has 1 heterocycles. The maximum atomic E-state index is 12.2. The van der Waals surface area contributed by atoms with Gasteiger partial charge in [0.05, 0.1) is 5.69 Å². The number of aryl methyl sites for hydroxylation is 2. The molecule has 0 radical (unpaired) electrons. The van der Waals surface area contributed by atoms with Crippen LogP contribution in [0.1, 0.15) is 43.3 Å². The molecule has 0 aliphatic rings. The Morgan fingerprint density at radius 1 is 1.00 bits per heavy atom. The Morgan fingerprint density at radius 2 is 1.55 bits per heavy atom. The summed E-state index contributed by atoms with van der Waals surface area (Å²) in [6.07, 6.45) is 0. The lowest BCUT2D eigenvalue weighted by Gasteiger charge is -2.19. The van der Waals surface area contributed by atoms with E-state index in [1.165, 1.54) is 11.1 Å². The minimum absolute atomic E-state index is 0.0564. The van der Waals surface area contributed by atoms with Crippen molar-refractivity contribution in [3.05, 3.63) is 51.1 Å². The van der Waals surface area contributed by atoms with Crippen LogP contribution in [0.25, 0.3) is 11.3 Å². The van der Waals surface area contributed by atoms with Crippen molar-refractivity contribution in [2.45, 2.75) is 47.0 Å². The van der Waals surface area contributed by atoms with Crippen LogP contribution >= 0.6 is 0 Å². The third-order valence-corrected chi connectivity index (χ3v) is 3.36. The molecule has 0 amide bonds. The molecule has 0 aliphatic heterocycles. The first-order chi connectivity index (χ1) is 9.18. The summed E-state index contributed by atoms with van der Waals surface area (Å²) in [6.45, 7) is 12.1. The van der Waals surface area contributed by atoms with Gasteiger partial charge in [-0.3, -0.25) is 4.79 Å². The summed E-state index contributed by atoms with van der Waals surface area (Å²) in [5.41, 5.74) is 4.59. The molecule has 0 atom stereocenters. The van der Waals surface area contributed by atoms with Gasteiger partial charge in [-0.25, -0.2) is 4.98 Å². The molecule has 2 rings (SSSR count). The molecule has 3 heteroatoms. The second kappa shape index (κ2) is 4.89. The molecule has 106 valence electrons. The molecule has 0 aliphatic carbocycles. The lowest BCUT2D eigenvalue weighted by Crippen LogP contribution is -2.24. The monoisotopic (exact) mass is 270 g/mol.